The van der Waals surface area contributed by atoms with Gasteiger partial charge in [-0.05, 0) is 257 Å². The number of fused-ring (bicyclic) bond motifs is 3. The van der Waals surface area contributed by atoms with Crippen molar-refractivity contribution in [1.82, 2.24) is 59.6 Å². The van der Waals surface area contributed by atoms with E-state index in [9.17, 15) is 32.7 Å². The minimum absolute atomic E-state index is 0.0276. The molecule has 0 spiro atoms. The minimum atomic E-state index is -1.12. The first-order valence-electron chi connectivity index (χ1n) is 46.2. The molecule has 23 nitrogen and oxygen atoms in total. The van der Waals surface area contributed by atoms with Crippen LogP contribution >= 0.6 is 11.6 Å². The van der Waals surface area contributed by atoms with Gasteiger partial charge in [0.2, 0.25) is 0 Å². The van der Waals surface area contributed by atoms with E-state index in [0.29, 0.717) is 74.3 Å². The molecule has 6 heterocycles. The van der Waals surface area contributed by atoms with E-state index >= 15 is 0 Å². The molecule has 4 N–H and O–H groups in total. The first-order valence-corrected chi connectivity index (χ1v) is 46.6. The van der Waals surface area contributed by atoms with Crippen LogP contribution in [-0.2, 0) is 102 Å². The number of benzene rings is 3. The number of carboxylic acid groups (broad SMARTS) is 1. The average Bonchev–Trinajstić information content (AvgIpc) is 0.851. The molecule has 6 aromatic heterocycles. The van der Waals surface area contributed by atoms with E-state index < -0.39 is 59.7 Å². The van der Waals surface area contributed by atoms with E-state index in [0.717, 1.165) is 148 Å². The van der Waals surface area contributed by atoms with E-state index in [1.807, 2.05) is 142 Å². The molecular formula is C102H138ClF3N14O9. The number of anilines is 1. The fraction of sp³-hybridized carbons (Fsp3) is 0.529. The number of carbonyl (C=O) groups is 3. The van der Waals surface area contributed by atoms with Gasteiger partial charge < -0.3 is 54.5 Å². The zero-order valence-electron chi connectivity index (χ0n) is 77.4. The van der Waals surface area contributed by atoms with Gasteiger partial charge in [0.1, 0.15) is 52.8 Å². The van der Waals surface area contributed by atoms with Gasteiger partial charge in [0.05, 0.1) is 79.5 Å². The van der Waals surface area contributed by atoms with Crippen molar-refractivity contribution in [2.45, 2.75) is 244 Å². The van der Waals surface area contributed by atoms with Crippen LogP contribution in [0, 0.1) is 5.92 Å². The summed E-state index contributed by atoms with van der Waals surface area (Å²) in [6.07, 6.45) is 30.5. The van der Waals surface area contributed by atoms with Crippen LogP contribution in [0.4, 0.5) is 19.0 Å². The van der Waals surface area contributed by atoms with Crippen LogP contribution in [0.1, 0.15) is 194 Å². The van der Waals surface area contributed by atoms with Crippen molar-refractivity contribution in [3.63, 3.8) is 0 Å². The topological polar surface area (TPSA) is 281 Å². The lowest BCUT2D eigenvalue weighted by Crippen LogP contribution is -2.41. The molecule has 27 heteroatoms. The van der Waals surface area contributed by atoms with E-state index in [1.54, 1.807) is 31.0 Å². The second-order valence-corrected chi connectivity index (χ2v) is 36.2. The van der Waals surface area contributed by atoms with Crippen LogP contribution in [0.5, 0.6) is 0 Å². The maximum Gasteiger partial charge on any atom is 0.329 e. The number of pyridine rings is 3. The maximum absolute atomic E-state index is 14.7. The number of methoxy groups -OCH3 is 3. The molecule has 0 unspecified atom stereocenters. The number of unbranched alkanes of at least 4 members (excludes halogenated alkanes) is 3. The van der Waals surface area contributed by atoms with Crippen LogP contribution in [-0.4, -0.2) is 224 Å². The van der Waals surface area contributed by atoms with Gasteiger partial charge in [-0.3, -0.25) is 39.5 Å². The molecule has 3 aliphatic carbocycles. The molecule has 0 amide bonds. The fourth-order valence-electron chi connectivity index (χ4n) is 16.0. The Morgan fingerprint density at radius 1 is 0.434 bits per heavy atom. The van der Waals surface area contributed by atoms with E-state index in [4.69, 9.17) is 61.0 Å². The number of aromatic nitrogens is 9. The van der Waals surface area contributed by atoms with Crippen molar-refractivity contribution in [3.8, 4) is 33.8 Å². The van der Waals surface area contributed by atoms with Crippen molar-refractivity contribution in [3.05, 3.63) is 226 Å². The van der Waals surface area contributed by atoms with Gasteiger partial charge in [-0.15, -0.1) is 0 Å². The third-order valence-corrected chi connectivity index (χ3v) is 22.7. The molecule has 0 fully saturated rings. The summed E-state index contributed by atoms with van der Waals surface area (Å²) < 4.78 is 69.6. The van der Waals surface area contributed by atoms with Crippen molar-refractivity contribution >= 4 is 35.3 Å². The maximum atomic E-state index is 14.7. The smallest absolute Gasteiger partial charge is 0.329 e. The lowest BCUT2D eigenvalue weighted by Gasteiger charge is -2.28. The Kier molecular flexibility index (Phi) is 44.4. The number of carbonyl (C=O) groups excluding carboxylic acids is 2. The molecule has 3 aromatic carbocycles. The number of nitrogens with one attached hydrogen (secondary N) is 1. The van der Waals surface area contributed by atoms with Crippen LogP contribution < -0.4 is 11.1 Å². The van der Waals surface area contributed by atoms with Gasteiger partial charge in [0, 0.05) is 118 Å². The SMILES string of the molecule is COC[C@@H](F)CN(CCCCc1ccc2c(n1)CCCC2)CC[C@H](Cc1cncc(-c2ccccc2)n1)C(=O)O.COC[C@@H](F)CN(CCCCc1ccc2c(n1)CCCC2)CC[C@H](N)C(=O)OC(C)(C)C.COC[C@@H](F)CN(CCCCc1ccc2c(n1)CCCC2)CC[C@H](Nc1cncc(-c2ccccc2)n1)C(=O)OC(C)(C)C.Clc1cncc(-c2ccccc2)n1. The van der Waals surface area contributed by atoms with E-state index in [-0.39, 0.29) is 51.8 Å². The molecule has 0 saturated heterocycles. The zero-order chi connectivity index (χ0) is 92.2. The third-order valence-electron chi connectivity index (χ3n) is 22.5. The number of nitrogens with two attached hydrogens (primary N) is 1. The Morgan fingerprint density at radius 3 is 1.21 bits per heavy atom. The van der Waals surface area contributed by atoms with E-state index in [2.05, 4.69) is 71.5 Å². The highest BCUT2D eigenvalue weighted by molar-refractivity contribution is 6.29. The van der Waals surface area contributed by atoms with Crippen molar-refractivity contribution in [1.29, 1.82) is 0 Å². The number of carboxylic acids is 1. The molecule has 0 aliphatic heterocycles. The number of hydrogen-bond acceptors (Lipinski definition) is 22. The Morgan fingerprint density at radius 2 is 0.806 bits per heavy atom. The normalized spacial score (nSPS) is 14.5. The molecule has 0 saturated carbocycles. The highest BCUT2D eigenvalue weighted by Crippen LogP contribution is 2.28. The number of aliphatic carboxylic acids is 1. The van der Waals surface area contributed by atoms with Gasteiger partial charge in [0.25, 0.3) is 0 Å². The monoisotopic (exact) mass is 1800 g/mol. The highest BCUT2D eigenvalue weighted by Gasteiger charge is 2.30. The molecule has 12 rings (SSSR count). The van der Waals surface area contributed by atoms with Gasteiger partial charge in [-0.1, -0.05) is 121 Å². The quantitative estimate of drug-likeness (QED) is 0.0236. The number of aryl methyl sites for hydroxylation is 9. The van der Waals surface area contributed by atoms with Crippen LogP contribution in [0.15, 0.2) is 165 Å². The summed E-state index contributed by atoms with van der Waals surface area (Å²) in [5.74, 6) is -1.82. The molecule has 698 valence electrons. The summed E-state index contributed by atoms with van der Waals surface area (Å²) in [6.45, 7) is 15.5. The predicted molar refractivity (Wildman–Crippen MR) is 504 cm³/mol. The lowest BCUT2D eigenvalue weighted by atomic mass is 9.95. The van der Waals surface area contributed by atoms with Gasteiger partial charge >= 0.3 is 17.9 Å². The van der Waals surface area contributed by atoms with Gasteiger partial charge in [0.15, 0.2) is 0 Å². The predicted octanol–water partition coefficient (Wildman–Crippen LogP) is 18.0. The molecule has 6 atom stereocenters. The van der Waals surface area contributed by atoms with Gasteiger partial charge in [-0.2, -0.15) is 0 Å². The second kappa shape index (κ2) is 55.5. The number of rotatable bonds is 46. The number of hydrogen-bond donors (Lipinski definition) is 3. The fourth-order valence-corrected chi connectivity index (χ4v) is 16.2. The summed E-state index contributed by atoms with van der Waals surface area (Å²) in [5, 5.41) is 13.6. The number of halogens is 4. The molecule has 129 heavy (non-hydrogen) atoms. The molecule has 9 aromatic rings. The lowest BCUT2D eigenvalue weighted by molar-refractivity contribution is -0.157. The molecular weight excluding hydrogens is 1660 g/mol. The summed E-state index contributed by atoms with van der Waals surface area (Å²) >= 11 is 5.72. The Bertz CT molecular complexity index is 4770. The Balaban J connectivity index is 0.000000205. The van der Waals surface area contributed by atoms with Gasteiger partial charge in [-0.25, -0.2) is 32.9 Å². The summed E-state index contributed by atoms with van der Waals surface area (Å²) in [5.41, 5.74) is 21.9. The largest absolute Gasteiger partial charge is 0.481 e. The number of esters is 2. The zero-order valence-corrected chi connectivity index (χ0v) is 78.1. The first kappa shape index (κ1) is 103. The minimum Gasteiger partial charge on any atom is -0.481 e. The van der Waals surface area contributed by atoms with Crippen LogP contribution in [0.25, 0.3) is 33.8 Å². The molecule has 0 radical (unpaired) electrons. The number of ether oxygens (including phenoxy) is 5. The first-order chi connectivity index (χ1) is 62.2. The van der Waals surface area contributed by atoms with Crippen molar-refractivity contribution < 1.29 is 56.3 Å². The number of nitrogens with zero attached hydrogens (tertiary/aromatic N) is 12. The molecule has 0 bridgehead atoms. The summed E-state index contributed by atoms with van der Waals surface area (Å²) in [4.78, 5) is 84.5. The standard InChI is InChI=1S/C35H48FN5O3.C32H41FN4O3.C25H42FN3O3.C10H7ClN2/c1-35(2,3)44-34(42)31(39-33-23-37-22-32(40-33)26-12-6-5-7-13-26)19-21-41(24-28(36)25-43-4)20-11-10-15-29-18-17-27-14-8-9-16-30(27)38-29;1-40-23-27(33)22-37(17-8-7-12-28-15-14-25-11-5-6-13-30(25)35-28)18-16-26(32(38)39)19-29-20-34-21-31(36-29)24-9-3-2-4-10-24;1-25(2,3)32-24(30)22(27)14-16-29(17-20(26)18-31-4)15-8-7-10-21-13-12-19-9-5-6-11-23(19)28-21;11-10-7-12-6-9(13-10)8-4-2-1-3-5-8/h5-7,12-13,17-18,22-23,28,31H,8-11,14-16,19-21,24-25H2,1-4H3,(H,39,40);2-4,9-10,14-15,20-21,26-27H,5-8,11-13,16-19,22-23H2,1H3,(H,38,39);12-13,20,22H,5-11,14-18,27H2,1-4H3;1-7H/t28-,31-;26-,27+;20-,22-;/m010./s1. The van der Waals surface area contributed by atoms with Crippen molar-refractivity contribution in [2.75, 3.05) is 105 Å². The van der Waals surface area contributed by atoms with Crippen LogP contribution in [0.3, 0.4) is 0 Å². The average molecular weight is 1800 g/mol. The number of alkyl halides is 3. The Hall–Kier alpha value is -9.64. The Labute approximate surface area is 767 Å². The van der Waals surface area contributed by atoms with Crippen molar-refractivity contribution in [2.24, 2.45) is 11.7 Å². The van der Waals surface area contributed by atoms with Crippen LogP contribution in [0.2, 0.25) is 5.15 Å². The summed E-state index contributed by atoms with van der Waals surface area (Å²) in [6, 6.07) is 41.1. The summed E-state index contributed by atoms with van der Waals surface area (Å²) in [7, 11) is 4.50. The third kappa shape index (κ3) is 38.8. The second-order valence-electron chi connectivity index (χ2n) is 35.8. The van der Waals surface area contributed by atoms with E-state index in [1.165, 1.54) is 99.8 Å². The highest BCUT2D eigenvalue weighted by atomic mass is 35.5. The molecule has 3 aliphatic rings.